The third-order valence-electron chi connectivity index (χ3n) is 2.98. The molecule has 0 aliphatic carbocycles. The van der Waals surface area contributed by atoms with E-state index in [9.17, 15) is 4.79 Å². The van der Waals surface area contributed by atoms with E-state index in [4.69, 9.17) is 4.74 Å². The summed E-state index contributed by atoms with van der Waals surface area (Å²) in [5, 5.41) is 3.26. The van der Waals surface area contributed by atoms with Gasteiger partial charge in [-0.15, -0.1) is 0 Å². The minimum absolute atomic E-state index is 0.168. The van der Waals surface area contributed by atoms with Gasteiger partial charge in [0.05, 0.1) is 24.9 Å². The van der Waals surface area contributed by atoms with Crippen LogP contribution in [0.1, 0.15) is 34.1 Å². The standard InChI is InChI=1S/C12H24N2O2/c1-9(2)6-10-13-7-11(15)14(10)8-12(3,4)16-5/h9-10,13H,6-8H2,1-5H3. The smallest absolute Gasteiger partial charge is 0.237 e. The highest BCUT2D eigenvalue weighted by atomic mass is 16.5. The van der Waals surface area contributed by atoms with Gasteiger partial charge in [0.25, 0.3) is 0 Å². The normalized spacial score (nSPS) is 22.2. The van der Waals surface area contributed by atoms with Gasteiger partial charge in [0.2, 0.25) is 5.91 Å². The summed E-state index contributed by atoms with van der Waals surface area (Å²) < 4.78 is 5.38. The number of hydrogen-bond acceptors (Lipinski definition) is 3. The maximum atomic E-state index is 11.8. The van der Waals surface area contributed by atoms with Crippen LogP contribution in [0.25, 0.3) is 0 Å². The summed E-state index contributed by atoms with van der Waals surface area (Å²) in [6.45, 7) is 9.45. The Labute approximate surface area is 98.3 Å². The second-order valence-electron chi connectivity index (χ2n) is 5.51. The summed E-state index contributed by atoms with van der Waals surface area (Å²) in [5.41, 5.74) is -0.281. The van der Waals surface area contributed by atoms with Gasteiger partial charge < -0.3 is 9.64 Å². The summed E-state index contributed by atoms with van der Waals surface area (Å²) in [6.07, 6.45) is 1.16. The third kappa shape index (κ3) is 3.46. The fourth-order valence-electron chi connectivity index (χ4n) is 1.92. The van der Waals surface area contributed by atoms with Crippen molar-refractivity contribution in [2.24, 2.45) is 5.92 Å². The van der Waals surface area contributed by atoms with Gasteiger partial charge in [-0.3, -0.25) is 10.1 Å². The summed E-state index contributed by atoms with van der Waals surface area (Å²) in [4.78, 5) is 13.7. The number of methoxy groups -OCH3 is 1. The average Bonchev–Trinajstić information content (AvgIpc) is 2.49. The van der Waals surface area contributed by atoms with Crippen LogP contribution in [0.3, 0.4) is 0 Å². The lowest BCUT2D eigenvalue weighted by Gasteiger charge is -2.33. The van der Waals surface area contributed by atoms with Gasteiger partial charge in [0.15, 0.2) is 0 Å². The van der Waals surface area contributed by atoms with Crippen molar-refractivity contribution >= 4 is 5.91 Å². The van der Waals surface area contributed by atoms with Crippen LogP contribution in [0.5, 0.6) is 0 Å². The van der Waals surface area contributed by atoms with E-state index >= 15 is 0 Å². The van der Waals surface area contributed by atoms with Crippen molar-refractivity contribution in [3.8, 4) is 0 Å². The molecule has 0 bridgehead atoms. The van der Waals surface area contributed by atoms with Gasteiger partial charge in [0, 0.05) is 7.11 Å². The average molecular weight is 228 g/mol. The van der Waals surface area contributed by atoms with Gasteiger partial charge in [-0.05, 0) is 26.2 Å². The number of nitrogens with zero attached hydrogens (tertiary/aromatic N) is 1. The van der Waals surface area contributed by atoms with E-state index in [-0.39, 0.29) is 17.7 Å². The topological polar surface area (TPSA) is 41.6 Å². The predicted octanol–water partition coefficient (Wildman–Crippen LogP) is 1.22. The molecule has 0 saturated carbocycles. The molecule has 1 atom stereocenters. The SMILES string of the molecule is COC(C)(C)CN1C(=O)CNC1CC(C)C. The first-order valence-corrected chi connectivity index (χ1v) is 5.94. The summed E-state index contributed by atoms with van der Waals surface area (Å²) in [7, 11) is 1.69. The Kier molecular flexibility index (Phi) is 4.33. The molecular formula is C12H24N2O2. The number of carbonyl (C=O) groups excluding carboxylic acids is 1. The molecule has 0 aromatic rings. The zero-order valence-corrected chi connectivity index (χ0v) is 11.0. The third-order valence-corrected chi connectivity index (χ3v) is 2.98. The van der Waals surface area contributed by atoms with E-state index < -0.39 is 0 Å². The van der Waals surface area contributed by atoms with Crippen LogP contribution in [0.4, 0.5) is 0 Å². The Morgan fingerprint density at radius 3 is 2.69 bits per heavy atom. The van der Waals surface area contributed by atoms with Crippen LogP contribution in [-0.2, 0) is 9.53 Å². The van der Waals surface area contributed by atoms with Crippen LogP contribution in [0.15, 0.2) is 0 Å². The van der Waals surface area contributed by atoms with Crippen molar-refractivity contribution in [1.82, 2.24) is 10.2 Å². The van der Waals surface area contributed by atoms with Gasteiger partial charge in [0.1, 0.15) is 0 Å². The molecule has 4 heteroatoms. The Bertz CT molecular complexity index is 251. The molecular weight excluding hydrogens is 204 g/mol. The highest BCUT2D eigenvalue weighted by Gasteiger charge is 2.34. The van der Waals surface area contributed by atoms with Crippen molar-refractivity contribution < 1.29 is 9.53 Å². The zero-order valence-electron chi connectivity index (χ0n) is 11.0. The molecule has 1 aliphatic rings. The number of ether oxygens (including phenoxy) is 1. The van der Waals surface area contributed by atoms with E-state index in [1.54, 1.807) is 7.11 Å². The van der Waals surface area contributed by atoms with Gasteiger partial charge in [-0.2, -0.15) is 0 Å². The molecule has 1 saturated heterocycles. The number of amides is 1. The van der Waals surface area contributed by atoms with Crippen molar-refractivity contribution in [2.45, 2.75) is 45.9 Å². The largest absolute Gasteiger partial charge is 0.377 e. The summed E-state index contributed by atoms with van der Waals surface area (Å²) >= 11 is 0. The minimum Gasteiger partial charge on any atom is -0.377 e. The Balaban J connectivity index is 2.63. The van der Waals surface area contributed by atoms with Crippen molar-refractivity contribution in [2.75, 3.05) is 20.2 Å². The summed E-state index contributed by atoms with van der Waals surface area (Å²) in [6, 6.07) is 0. The maximum absolute atomic E-state index is 11.8. The molecule has 0 radical (unpaired) electrons. The number of nitrogens with one attached hydrogen (secondary N) is 1. The minimum atomic E-state index is -0.281. The van der Waals surface area contributed by atoms with E-state index in [1.165, 1.54) is 0 Å². The monoisotopic (exact) mass is 228 g/mol. The Hall–Kier alpha value is -0.610. The molecule has 1 rings (SSSR count). The molecule has 0 aromatic heterocycles. The Morgan fingerprint density at radius 1 is 1.56 bits per heavy atom. The molecule has 1 fully saturated rings. The Morgan fingerprint density at radius 2 is 2.19 bits per heavy atom. The quantitative estimate of drug-likeness (QED) is 0.769. The van der Waals surface area contributed by atoms with E-state index in [1.807, 2.05) is 18.7 Å². The van der Waals surface area contributed by atoms with E-state index in [2.05, 4.69) is 19.2 Å². The van der Waals surface area contributed by atoms with Crippen LogP contribution in [-0.4, -0.2) is 42.8 Å². The lowest BCUT2D eigenvalue weighted by Crippen LogP contribution is -2.46. The van der Waals surface area contributed by atoms with Crippen LogP contribution < -0.4 is 5.32 Å². The molecule has 1 amide bonds. The predicted molar refractivity (Wildman–Crippen MR) is 64.0 cm³/mol. The van der Waals surface area contributed by atoms with Crippen LogP contribution in [0.2, 0.25) is 0 Å². The molecule has 0 spiro atoms. The first-order chi connectivity index (χ1) is 7.35. The fraction of sp³-hybridized carbons (Fsp3) is 0.917. The van der Waals surface area contributed by atoms with Crippen molar-refractivity contribution in [1.29, 1.82) is 0 Å². The van der Waals surface area contributed by atoms with E-state index in [0.717, 1.165) is 6.42 Å². The van der Waals surface area contributed by atoms with Gasteiger partial charge >= 0.3 is 0 Å². The number of carbonyl (C=O) groups is 1. The summed E-state index contributed by atoms with van der Waals surface area (Å²) in [5.74, 6) is 0.757. The molecule has 0 aromatic carbocycles. The first-order valence-electron chi connectivity index (χ1n) is 5.94. The van der Waals surface area contributed by atoms with Crippen LogP contribution >= 0.6 is 0 Å². The molecule has 16 heavy (non-hydrogen) atoms. The van der Waals surface area contributed by atoms with Crippen molar-refractivity contribution in [3.63, 3.8) is 0 Å². The molecule has 94 valence electrons. The second-order valence-corrected chi connectivity index (χ2v) is 5.51. The lowest BCUT2D eigenvalue weighted by atomic mass is 10.1. The molecule has 1 N–H and O–H groups in total. The highest BCUT2D eigenvalue weighted by Crippen LogP contribution is 2.18. The van der Waals surface area contributed by atoms with Crippen LogP contribution in [0, 0.1) is 5.92 Å². The number of rotatable bonds is 5. The molecule has 1 heterocycles. The zero-order chi connectivity index (χ0) is 12.3. The molecule has 1 aliphatic heterocycles. The molecule has 1 unspecified atom stereocenters. The first kappa shape index (κ1) is 13.5. The fourth-order valence-corrected chi connectivity index (χ4v) is 1.92. The van der Waals surface area contributed by atoms with Gasteiger partial charge in [-0.25, -0.2) is 0 Å². The molecule has 4 nitrogen and oxygen atoms in total. The lowest BCUT2D eigenvalue weighted by molar-refractivity contribution is -0.132. The highest BCUT2D eigenvalue weighted by molar-refractivity contribution is 5.80. The second kappa shape index (κ2) is 5.15. The van der Waals surface area contributed by atoms with E-state index in [0.29, 0.717) is 19.0 Å². The maximum Gasteiger partial charge on any atom is 0.237 e. The van der Waals surface area contributed by atoms with Gasteiger partial charge in [-0.1, -0.05) is 13.8 Å². The van der Waals surface area contributed by atoms with Crippen molar-refractivity contribution in [3.05, 3.63) is 0 Å². The number of hydrogen-bond donors (Lipinski definition) is 1.